The zero-order valence-corrected chi connectivity index (χ0v) is 19.0. The predicted molar refractivity (Wildman–Crippen MR) is 110 cm³/mol. The summed E-state index contributed by atoms with van der Waals surface area (Å²) in [5.74, 6) is -1.07. The van der Waals surface area contributed by atoms with Crippen LogP contribution in [0, 0.1) is 11.2 Å². The number of halogens is 2. The molecule has 0 bridgehead atoms. The van der Waals surface area contributed by atoms with E-state index in [1.54, 1.807) is 27.7 Å². The molecule has 0 fully saturated rings. The van der Waals surface area contributed by atoms with Gasteiger partial charge in [0.25, 0.3) is 0 Å². The number of pyridine rings is 1. The van der Waals surface area contributed by atoms with Crippen molar-refractivity contribution in [2.24, 2.45) is 5.41 Å². The van der Waals surface area contributed by atoms with Gasteiger partial charge in [0.2, 0.25) is 0 Å². The summed E-state index contributed by atoms with van der Waals surface area (Å²) in [5, 5.41) is 13.6. The van der Waals surface area contributed by atoms with E-state index in [0.29, 0.717) is 13.0 Å². The molecule has 0 saturated heterocycles. The first-order valence-electron chi connectivity index (χ1n) is 9.60. The second kappa shape index (κ2) is 9.06. The molecule has 0 amide bonds. The van der Waals surface area contributed by atoms with Crippen molar-refractivity contribution >= 4 is 17.6 Å². The minimum absolute atomic E-state index is 0.0111. The van der Waals surface area contributed by atoms with Crippen molar-refractivity contribution < 1.29 is 19.0 Å². The van der Waals surface area contributed by atoms with Crippen molar-refractivity contribution in [2.75, 3.05) is 6.54 Å². The second-order valence-electron chi connectivity index (χ2n) is 9.41. The van der Waals surface area contributed by atoms with Crippen molar-refractivity contribution in [1.82, 2.24) is 10.3 Å². The highest BCUT2D eigenvalue weighted by Crippen LogP contribution is 2.34. The fourth-order valence-electron chi connectivity index (χ4n) is 2.78. The lowest BCUT2D eigenvalue weighted by Gasteiger charge is -2.32. The van der Waals surface area contributed by atoms with Gasteiger partial charge in [-0.15, -0.1) is 0 Å². The summed E-state index contributed by atoms with van der Waals surface area (Å²) in [4.78, 5) is 17.1. The Bertz CT molecular complexity index is 696. The lowest BCUT2D eigenvalue weighted by Crippen LogP contribution is -2.40. The Morgan fingerprint density at radius 2 is 1.86 bits per heavy atom. The summed E-state index contributed by atoms with van der Waals surface area (Å²) in [7, 11) is 0. The highest BCUT2D eigenvalue weighted by molar-refractivity contribution is 6.29. The lowest BCUT2D eigenvalue weighted by molar-refractivity contribution is -0.167. The SMILES string of the molecule is CC(C)NCCC(C)(Cc1nc(Cl)cc(C(C)(C)O)c1F)C(=O)OC(C)(C)C. The maximum atomic E-state index is 15.1. The highest BCUT2D eigenvalue weighted by atomic mass is 35.5. The van der Waals surface area contributed by atoms with Crippen LogP contribution in [0.25, 0.3) is 0 Å². The zero-order valence-electron chi connectivity index (χ0n) is 18.2. The fraction of sp³-hybridized carbons (Fsp3) is 0.714. The van der Waals surface area contributed by atoms with Gasteiger partial charge >= 0.3 is 5.97 Å². The van der Waals surface area contributed by atoms with E-state index in [1.165, 1.54) is 19.9 Å². The zero-order chi connectivity index (χ0) is 21.9. The molecule has 1 aromatic rings. The molecule has 0 radical (unpaired) electrons. The van der Waals surface area contributed by atoms with E-state index in [9.17, 15) is 9.90 Å². The van der Waals surface area contributed by atoms with Crippen LogP contribution in [0.5, 0.6) is 0 Å². The van der Waals surface area contributed by atoms with E-state index in [-0.39, 0.29) is 28.9 Å². The predicted octanol–water partition coefficient (Wildman–Crippen LogP) is 4.38. The first-order chi connectivity index (χ1) is 12.5. The van der Waals surface area contributed by atoms with Crippen LogP contribution in [0.15, 0.2) is 6.07 Å². The van der Waals surface area contributed by atoms with E-state index in [1.807, 2.05) is 13.8 Å². The van der Waals surface area contributed by atoms with E-state index < -0.39 is 28.4 Å². The molecule has 28 heavy (non-hydrogen) atoms. The lowest BCUT2D eigenvalue weighted by atomic mass is 9.80. The molecule has 5 nitrogen and oxygen atoms in total. The number of carbonyl (C=O) groups is 1. The molecular weight excluding hydrogens is 383 g/mol. The molecular formula is C21H34ClFN2O3. The number of aliphatic hydroxyl groups is 1. The summed E-state index contributed by atoms with van der Waals surface area (Å²) in [6, 6.07) is 1.57. The van der Waals surface area contributed by atoms with Gasteiger partial charge in [0, 0.05) is 18.0 Å². The topological polar surface area (TPSA) is 71.5 Å². The molecule has 7 heteroatoms. The van der Waals surface area contributed by atoms with Crippen LogP contribution in [0.1, 0.15) is 73.1 Å². The Morgan fingerprint density at radius 3 is 2.32 bits per heavy atom. The van der Waals surface area contributed by atoms with Crippen LogP contribution in [0.3, 0.4) is 0 Å². The van der Waals surface area contributed by atoms with Gasteiger partial charge in [-0.25, -0.2) is 9.37 Å². The number of aromatic nitrogens is 1. The molecule has 0 aliphatic rings. The number of nitrogens with zero attached hydrogens (tertiary/aromatic N) is 1. The maximum Gasteiger partial charge on any atom is 0.312 e. The molecule has 160 valence electrons. The smallest absolute Gasteiger partial charge is 0.312 e. The van der Waals surface area contributed by atoms with Crippen LogP contribution in [0.4, 0.5) is 4.39 Å². The average molecular weight is 417 g/mol. The van der Waals surface area contributed by atoms with Crippen LogP contribution >= 0.6 is 11.6 Å². The normalized spacial score (nSPS) is 14.9. The van der Waals surface area contributed by atoms with Crippen LogP contribution in [0.2, 0.25) is 5.15 Å². The fourth-order valence-corrected chi connectivity index (χ4v) is 2.99. The quantitative estimate of drug-likeness (QED) is 0.486. The Morgan fingerprint density at radius 1 is 1.29 bits per heavy atom. The first kappa shape index (κ1) is 24.8. The van der Waals surface area contributed by atoms with Gasteiger partial charge in [0.15, 0.2) is 5.82 Å². The third kappa shape index (κ3) is 7.30. The van der Waals surface area contributed by atoms with Crippen molar-refractivity contribution in [3.05, 3.63) is 28.3 Å². The summed E-state index contributed by atoms with van der Waals surface area (Å²) in [6.45, 7) is 14.7. The molecule has 2 N–H and O–H groups in total. The minimum atomic E-state index is -1.42. The van der Waals surface area contributed by atoms with E-state index >= 15 is 4.39 Å². The second-order valence-corrected chi connectivity index (χ2v) is 9.80. The molecule has 0 aromatic carbocycles. The third-order valence-corrected chi connectivity index (χ3v) is 4.53. The molecule has 1 rings (SSSR count). The van der Waals surface area contributed by atoms with E-state index in [4.69, 9.17) is 16.3 Å². The van der Waals surface area contributed by atoms with Gasteiger partial charge in [0.05, 0.1) is 16.7 Å². The summed E-state index contributed by atoms with van der Waals surface area (Å²) >= 11 is 6.07. The molecule has 0 aliphatic carbocycles. The number of esters is 1. The first-order valence-corrected chi connectivity index (χ1v) is 9.97. The number of rotatable bonds is 8. The Balaban J connectivity index is 3.29. The van der Waals surface area contributed by atoms with E-state index in [0.717, 1.165) is 0 Å². The van der Waals surface area contributed by atoms with Gasteiger partial charge in [0.1, 0.15) is 10.8 Å². The van der Waals surface area contributed by atoms with Crippen molar-refractivity contribution in [3.8, 4) is 0 Å². The summed E-state index contributed by atoms with van der Waals surface area (Å²) < 4.78 is 20.7. The molecule has 0 aliphatic heterocycles. The Kier molecular flexibility index (Phi) is 8.02. The number of nitrogens with one attached hydrogen (secondary N) is 1. The average Bonchev–Trinajstić information content (AvgIpc) is 2.47. The number of hydrogen-bond donors (Lipinski definition) is 2. The monoisotopic (exact) mass is 416 g/mol. The molecule has 1 heterocycles. The van der Waals surface area contributed by atoms with Crippen molar-refractivity contribution in [3.63, 3.8) is 0 Å². The van der Waals surface area contributed by atoms with E-state index in [2.05, 4.69) is 10.3 Å². The van der Waals surface area contributed by atoms with Crippen molar-refractivity contribution in [2.45, 2.75) is 85.5 Å². The summed E-state index contributed by atoms with van der Waals surface area (Å²) in [6.07, 6.45) is 0.447. The minimum Gasteiger partial charge on any atom is -0.460 e. The maximum absolute atomic E-state index is 15.1. The molecule has 0 saturated carbocycles. The van der Waals surface area contributed by atoms with Gasteiger partial charge < -0.3 is 15.2 Å². The van der Waals surface area contributed by atoms with Crippen molar-refractivity contribution in [1.29, 1.82) is 0 Å². The molecule has 0 spiro atoms. The molecule has 1 aromatic heterocycles. The standard InChI is InChI=1S/C21H34ClFN2O3/c1-13(2)24-10-9-21(8,18(26)28-19(3,4)5)12-15-17(23)14(20(6,7)27)11-16(22)25-15/h11,13,24,27H,9-10,12H2,1-8H3. The number of hydrogen-bond acceptors (Lipinski definition) is 5. The highest BCUT2D eigenvalue weighted by Gasteiger charge is 2.39. The Hall–Kier alpha value is -1.24. The number of carbonyl (C=O) groups excluding carboxylic acids is 1. The molecule has 1 unspecified atom stereocenters. The third-order valence-electron chi connectivity index (χ3n) is 4.33. The van der Waals surface area contributed by atoms with Crippen LogP contribution < -0.4 is 5.32 Å². The largest absolute Gasteiger partial charge is 0.460 e. The molecule has 1 atom stereocenters. The summed E-state index contributed by atoms with van der Waals surface area (Å²) in [5.41, 5.74) is -3.00. The van der Waals surface area contributed by atoms with Gasteiger partial charge in [-0.3, -0.25) is 4.79 Å². The van der Waals surface area contributed by atoms with Gasteiger partial charge in [-0.2, -0.15) is 0 Å². The van der Waals surface area contributed by atoms with Crippen LogP contribution in [-0.4, -0.2) is 34.2 Å². The van der Waals surface area contributed by atoms with Gasteiger partial charge in [-0.1, -0.05) is 25.4 Å². The Labute approximate surface area is 173 Å². The van der Waals surface area contributed by atoms with Crippen LogP contribution in [-0.2, 0) is 21.6 Å². The van der Waals surface area contributed by atoms with Gasteiger partial charge in [-0.05, 0) is 60.6 Å². The number of ether oxygens (including phenoxy) is 1.